The first kappa shape index (κ1) is 41.1. The van der Waals surface area contributed by atoms with Gasteiger partial charge in [0.1, 0.15) is 18.5 Å². The van der Waals surface area contributed by atoms with Crippen LogP contribution in [0.4, 0.5) is 15.9 Å². The van der Waals surface area contributed by atoms with E-state index >= 15 is 0 Å². The molecule has 0 radical (unpaired) electrons. The molecular formula is C36H50ClFN8O2S2. The van der Waals surface area contributed by atoms with Gasteiger partial charge in [0, 0.05) is 55.4 Å². The molecule has 0 spiro atoms. The molecule has 6 rings (SSSR count). The molecule has 50 heavy (non-hydrogen) atoms. The molecule has 3 aliphatic heterocycles. The van der Waals surface area contributed by atoms with Crippen LogP contribution in [0, 0.1) is 6.57 Å². The Kier molecular flexibility index (Phi) is 15.0. The highest BCUT2D eigenvalue weighted by Gasteiger charge is 2.37. The predicted molar refractivity (Wildman–Crippen MR) is 211 cm³/mol. The number of nitrogens with zero attached hydrogens (tertiary/aromatic N) is 8. The molecule has 0 aliphatic carbocycles. The van der Waals surface area contributed by atoms with Crippen LogP contribution in [-0.2, 0) is 17.8 Å². The fourth-order valence-electron chi connectivity index (χ4n) is 6.88. The fraction of sp³-hybridized carbons (Fsp3) is 0.500. The van der Waals surface area contributed by atoms with E-state index in [1.807, 2.05) is 26.2 Å². The average Bonchev–Trinajstić information content (AvgIpc) is 3.49. The Morgan fingerprint density at radius 1 is 1.10 bits per heavy atom. The van der Waals surface area contributed by atoms with Crippen LogP contribution in [0.15, 0.2) is 48.3 Å². The van der Waals surface area contributed by atoms with Crippen molar-refractivity contribution in [1.29, 1.82) is 0 Å². The van der Waals surface area contributed by atoms with Gasteiger partial charge in [-0.1, -0.05) is 43.3 Å². The van der Waals surface area contributed by atoms with E-state index in [0.29, 0.717) is 56.3 Å². The van der Waals surface area contributed by atoms with Gasteiger partial charge >= 0.3 is 6.01 Å². The number of anilines is 2. The number of rotatable bonds is 9. The lowest BCUT2D eigenvalue weighted by atomic mass is 10.0. The van der Waals surface area contributed by atoms with E-state index in [1.165, 1.54) is 11.0 Å². The summed E-state index contributed by atoms with van der Waals surface area (Å²) >= 11 is 6.71. The third-order valence-corrected chi connectivity index (χ3v) is 9.77. The van der Waals surface area contributed by atoms with Gasteiger partial charge in [-0.15, -0.1) is 0 Å². The number of ether oxygens (including phenoxy) is 1. The molecule has 2 fully saturated rings. The molecule has 1 amide bonds. The standard InChI is InChI=1S/C35H42ClFN8O2.CH4.2H2S/c1-38-20-26-21-44(18-19-45(26)34(46)29(37)14-16-41(2)3)33-27-13-17-43(31-12-6-9-24-8-5-11-28(36)32(24)31)22-30(27)39-35(40-33)47-23-25-10-7-15-42(25)4;;;/h5-6,8-9,11-12,14,25-26H,7,10,13,15-23H2,2-4H3;1H4;2*1H2/b29-14+;;;/t25-,26-;;;/m0.../s1. The van der Waals surface area contributed by atoms with Gasteiger partial charge in [0.15, 0.2) is 5.83 Å². The van der Waals surface area contributed by atoms with Crippen molar-refractivity contribution < 1.29 is 13.9 Å². The van der Waals surface area contributed by atoms with Crippen molar-refractivity contribution in [2.45, 2.75) is 45.3 Å². The fourth-order valence-corrected chi connectivity index (χ4v) is 7.16. The number of hydrogen-bond donors (Lipinski definition) is 0. The lowest BCUT2D eigenvalue weighted by Gasteiger charge is -2.41. The summed E-state index contributed by atoms with van der Waals surface area (Å²) in [5, 5.41) is 2.81. The Hall–Kier alpha value is -3.28. The van der Waals surface area contributed by atoms with Gasteiger partial charge in [0.25, 0.3) is 5.91 Å². The number of aromatic nitrogens is 2. The second-order valence-corrected chi connectivity index (χ2v) is 13.3. The Morgan fingerprint density at radius 2 is 1.86 bits per heavy atom. The quantitative estimate of drug-likeness (QED) is 0.209. The SMILES string of the molecule is C.S.S.[C-]#[N+]C[C@H]1CN(c2nc(OC[C@@H]3CCCN3C)nc3c2CCN(c2cccc4cccc(Cl)c24)C3)CCN1C(=O)/C(F)=C\CN(C)C. The number of benzene rings is 2. The van der Waals surface area contributed by atoms with Crippen LogP contribution in [0.25, 0.3) is 15.6 Å². The first-order chi connectivity index (χ1) is 22.7. The summed E-state index contributed by atoms with van der Waals surface area (Å²) in [5.74, 6) is -0.687. The molecule has 272 valence electrons. The van der Waals surface area contributed by atoms with E-state index in [4.69, 9.17) is 32.9 Å². The second kappa shape index (κ2) is 18.3. The molecule has 3 aromatic rings. The van der Waals surface area contributed by atoms with Crippen LogP contribution in [0.5, 0.6) is 6.01 Å². The summed E-state index contributed by atoms with van der Waals surface area (Å²) in [4.78, 5) is 36.7. The Bertz CT molecular complexity index is 1700. The molecule has 2 aromatic carbocycles. The van der Waals surface area contributed by atoms with Gasteiger partial charge in [0.2, 0.25) is 6.54 Å². The van der Waals surface area contributed by atoms with Crippen molar-refractivity contribution in [1.82, 2.24) is 24.7 Å². The first-order valence-electron chi connectivity index (χ1n) is 16.3. The number of likely N-dealkylation sites (tertiary alicyclic amines) is 1. The molecule has 10 nitrogen and oxygen atoms in total. The van der Waals surface area contributed by atoms with Crippen LogP contribution in [-0.4, -0.2) is 116 Å². The number of hydrogen-bond acceptors (Lipinski definition) is 8. The number of carbonyl (C=O) groups is 1. The maximum atomic E-state index is 14.9. The molecule has 0 unspecified atom stereocenters. The van der Waals surface area contributed by atoms with Crippen molar-refractivity contribution in [3.63, 3.8) is 0 Å². The van der Waals surface area contributed by atoms with Crippen molar-refractivity contribution >= 4 is 66.8 Å². The van der Waals surface area contributed by atoms with Crippen molar-refractivity contribution in [3.8, 4) is 6.01 Å². The molecule has 0 saturated carbocycles. The summed E-state index contributed by atoms with van der Waals surface area (Å²) in [7, 11) is 5.75. The van der Waals surface area contributed by atoms with Gasteiger partial charge in [-0.2, -0.15) is 37.0 Å². The number of piperazine rings is 1. The maximum absolute atomic E-state index is 14.9. The second-order valence-electron chi connectivity index (χ2n) is 12.9. The topological polar surface area (TPSA) is 72.6 Å². The van der Waals surface area contributed by atoms with E-state index in [-0.39, 0.29) is 47.5 Å². The minimum atomic E-state index is -0.789. The molecule has 14 heteroatoms. The van der Waals surface area contributed by atoms with Gasteiger partial charge in [-0.25, -0.2) is 11.0 Å². The Morgan fingerprint density at radius 3 is 2.56 bits per heavy atom. The minimum Gasteiger partial charge on any atom is -0.462 e. The summed E-state index contributed by atoms with van der Waals surface area (Å²) < 4.78 is 21.2. The monoisotopic (exact) mass is 744 g/mol. The van der Waals surface area contributed by atoms with Gasteiger partial charge < -0.3 is 34.1 Å². The number of amides is 1. The number of fused-ring (bicyclic) bond motifs is 2. The molecule has 0 bridgehead atoms. The van der Waals surface area contributed by atoms with Crippen molar-refractivity contribution in [3.05, 3.63) is 76.0 Å². The lowest BCUT2D eigenvalue weighted by molar-refractivity contribution is -0.131. The van der Waals surface area contributed by atoms with Crippen LogP contribution in [0.1, 0.15) is 31.5 Å². The van der Waals surface area contributed by atoms with Crippen molar-refractivity contribution in [2.24, 2.45) is 0 Å². The Balaban J connectivity index is 0.00000225. The average molecular weight is 745 g/mol. The van der Waals surface area contributed by atoms with E-state index in [1.54, 1.807) is 4.90 Å². The molecule has 3 aliphatic rings. The highest BCUT2D eigenvalue weighted by Crippen LogP contribution is 2.37. The summed E-state index contributed by atoms with van der Waals surface area (Å²) in [6.07, 6.45) is 4.20. The predicted octanol–water partition coefficient (Wildman–Crippen LogP) is 5.53. The zero-order chi connectivity index (χ0) is 33.1. The van der Waals surface area contributed by atoms with Crippen LogP contribution < -0.4 is 14.5 Å². The zero-order valence-electron chi connectivity index (χ0n) is 28.3. The van der Waals surface area contributed by atoms with Crippen LogP contribution >= 0.6 is 38.6 Å². The summed E-state index contributed by atoms with van der Waals surface area (Å²) in [6.45, 7) is 11.9. The maximum Gasteiger partial charge on any atom is 0.318 e. The van der Waals surface area contributed by atoms with E-state index in [2.05, 4.69) is 50.9 Å². The van der Waals surface area contributed by atoms with E-state index in [0.717, 1.165) is 59.5 Å². The van der Waals surface area contributed by atoms with Crippen molar-refractivity contribution in [2.75, 3.05) is 83.4 Å². The number of likely N-dealkylation sites (N-methyl/N-ethyl adjacent to an activating group) is 2. The largest absolute Gasteiger partial charge is 0.462 e. The first-order valence-corrected chi connectivity index (χ1v) is 16.7. The van der Waals surface area contributed by atoms with Gasteiger partial charge in [-0.3, -0.25) is 4.79 Å². The highest BCUT2D eigenvalue weighted by atomic mass is 35.5. The summed E-state index contributed by atoms with van der Waals surface area (Å²) in [6, 6.07) is 12.3. The number of carbonyl (C=O) groups excluding carboxylic acids is 1. The normalized spacial score (nSPS) is 19.3. The Labute approximate surface area is 314 Å². The molecule has 2 saturated heterocycles. The third kappa shape index (κ3) is 8.95. The minimum absolute atomic E-state index is 0. The molecule has 4 heterocycles. The summed E-state index contributed by atoms with van der Waals surface area (Å²) in [5.41, 5.74) is 2.98. The van der Waals surface area contributed by atoms with E-state index in [9.17, 15) is 9.18 Å². The third-order valence-electron chi connectivity index (χ3n) is 9.46. The zero-order valence-corrected chi connectivity index (χ0v) is 31.1. The smallest absolute Gasteiger partial charge is 0.318 e. The molecule has 2 atom stereocenters. The van der Waals surface area contributed by atoms with Crippen LogP contribution in [0.2, 0.25) is 5.02 Å². The molecular weight excluding hydrogens is 695 g/mol. The van der Waals surface area contributed by atoms with E-state index < -0.39 is 17.8 Å². The highest BCUT2D eigenvalue weighted by molar-refractivity contribution is 7.59. The molecule has 1 aromatic heterocycles. The number of halogens is 2. The molecule has 0 N–H and O–H groups in total. The van der Waals surface area contributed by atoms with Gasteiger partial charge in [-0.05, 0) is 70.5 Å². The van der Waals surface area contributed by atoms with Crippen LogP contribution in [0.3, 0.4) is 0 Å². The lowest BCUT2D eigenvalue weighted by Crippen LogP contribution is -2.57. The van der Waals surface area contributed by atoms with Gasteiger partial charge in [0.05, 0.1) is 17.3 Å².